The molecule has 0 saturated heterocycles. The molecule has 0 bridgehead atoms. The molecule has 2 aromatic rings. The topological polar surface area (TPSA) is 71.4 Å². The van der Waals surface area contributed by atoms with Crippen molar-refractivity contribution in [2.75, 3.05) is 33.9 Å². The van der Waals surface area contributed by atoms with Crippen molar-refractivity contribution in [1.82, 2.24) is 4.90 Å². The summed E-state index contributed by atoms with van der Waals surface area (Å²) in [4.78, 5) is 2.01. The van der Waals surface area contributed by atoms with Crippen LogP contribution in [0.4, 0.5) is 0 Å². The van der Waals surface area contributed by atoms with E-state index in [4.69, 9.17) is 14.2 Å². The van der Waals surface area contributed by atoms with Crippen LogP contribution in [-0.4, -0.2) is 49.0 Å². The van der Waals surface area contributed by atoms with E-state index in [2.05, 4.69) is 19.6 Å². The van der Waals surface area contributed by atoms with Crippen LogP contribution in [0.1, 0.15) is 48.1 Å². The fraction of sp³-hybridized carbons (Fsp3) is 0.385. The number of hydrogen-bond acceptors (Lipinski definition) is 6. The first-order valence-corrected chi connectivity index (χ1v) is 10.8. The lowest BCUT2D eigenvalue weighted by Gasteiger charge is -2.23. The molecule has 2 aromatic carbocycles. The highest BCUT2D eigenvalue weighted by atomic mass is 16.5. The lowest BCUT2D eigenvalue weighted by atomic mass is 9.90. The Labute approximate surface area is 190 Å². The second-order valence-electron chi connectivity index (χ2n) is 7.95. The van der Waals surface area contributed by atoms with Gasteiger partial charge in [-0.3, -0.25) is 4.90 Å². The van der Waals surface area contributed by atoms with Crippen molar-refractivity contribution >= 4 is 6.08 Å². The Morgan fingerprint density at radius 3 is 2.53 bits per heavy atom. The van der Waals surface area contributed by atoms with E-state index in [1.165, 1.54) is 7.11 Å². The van der Waals surface area contributed by atoms with Gasteiger partial charge >= 0.3 is 0 Å². The number of rotatable bonds is 10. The van der Waals surface area contributed by atoms with Gasteiger partial charge in [-0.1, -0.05) is 25.2 Å². The zero-order chi connectivity index (χ0) is 23.3. The number of aliphatic hydroxyl groups excluding tert-OH is 1. The quantitative estimate of drug-likeness (QED) is 0.525. The number of fused-ring (bicyclic) bond motifs is 1. The van der Waals surface area contributed by atoms with Crippen LogP contribution in [0.5, 0.6) is 23.0 Å². The van der Waals surface area contributed by atoms with Crippen LogP contribution in [0.2, 0.25) is 0 Å². The van der Waals surface area contributed by atoms with Gasteiger partial charge in [-0.15, -0.1) is 6.58 Å². The van der Waals surface area contributed by atoms with Gasteiger partial charge in [0.2, 0.25) is 0 Å². The summed E-state index contributed by atoms with van der Waals surface area (Å²) in [6.45, 7) is 9.45. The van der Waals surface area contributed by atoms with Gasteiger partial charge in [0, 0.05) is 36.7 Å². The van der Waals surface area contributed by atoms with E-state index >= 15 is 0 Å². The van der Waals surface area contributed by atoms with E-state index in [0.717, 1.165) is 22.4 Å². The van der Waals surface area contributed by atoms with E-state index in [1.54, 1.807) is 13.2 Å². The number of aliphatic hydroxyl groups is 1. The number of aromatic hydroxyl groups is 1. The molecule has 0 saturated carbocycles. The summed E-state index contributed by atoms with van der Waals surface area (Å²) in [5.41, 5.74) is 3.77. The lowest BCUT2D eigenvalue weighted by molar-refractivity contribution is 0.199. The lowest BCUT2D eigenvalue weighted by Crippen LogP contribution is -2.26. The van der Waals surface area contributed by atoms with E-state index in [0.29, 0.717) is 36.7 Å². The summed E-state index contributed by atoms with van der Waals surface area (Å²) in [7, 11) is 3.19. The molecule has 1 aliphatic rings. The number of phenolic OH excluding ortho intramolecular Hbond substituents is 1. The van der Waals surface area contributed by atoms with Gasteiger partial charge in [-0.25, -0.2) is 0 Å². The van der Waals surface area contributed by atoms with Gasteiger partial charge in [-0.05, 0) is 42.3 Å². The monoisotopic (exact) mass is 439 g/mol. The summed E-state index contributed by atoms with van der Waals surface area (Å²) < 4.78 is 17.5. The van der Waals surface area contributed by atoms with Crippen LogP contribution in [0.15, 0.2) is 43.0 Å². The van der Waals surface area contributed by atoms with Crippen molar-refractivity contribution in [2.45, 2.75) is 32.4 Å². The molecule has 0 amide bonds. The summed E-state index contributed by atoms with van der Waals surface area (Å²) in [5.74, 6) is 2.03. The van der Waals surface area contributed by atoms with E-state index in [1.807, 2.05) is 42.2 Å². The molecule has 0 aliphatic carbocycles. The molecular weight excluding hydrogens is 406 g/mol. The summed E-state index contributed by atoms with van der Waals surface area (Å²) >= 11 is 0. The standard InChI is InChI=1S/C26H33NO5/c1-6-8-18-12-21-17(3)25(32-26(21)23(13-18)31-5)19-14-20(24(29)22(15-19)30-4)16-27(9-7-2)10-11-28/h6-8,12-15,17,25,28-29H,2,9-11,16H2,1,3-5H3/t17-,25-/m0/s1. The highest BCUT2D eigenvalue weighted by molar-refractivity contribution is 5.62. The largest absolute Gasteiger partial charge is 0.504 e. The van der Waals surface area contributed by atoms with Crippen LogP contribution in [-0.2, 0) is 6.54 Å². The zero-order valence-corrected chi connectivity index (χ0v) is 19.3. The highest BCUT2D eigenvalue weighted by Gasteiger charge is 2.36. The molecule has 0 radical (unpaired) electrons. The van der Waals surface area contributed by atoms with Crippen molar-refractivity contribution in [2.24, 2.45) is 0 Å². The van der Waals surface area contributed by atoms with E-state index in [9.17, 15) is 10.2 Å². The number of ether oxygens (including phenoxy) is 3. The minimum atomic E-state index is -0.251. The Morgan fingerprint density at radius 1 is 1.16 bits per heavy atom. The third-order valence-electron chi connectivity index (χ3n) is 5.80. The SMILES string of the molecule is C=CCN(CCO)Cc1cc([C@H]2Oc3c(OC)cc(C=CC)cc3[C@@H]2C)cc(OC)c1O. The predicted molar refractivity (Wildman–Crippen MR) is 127 cm³/mol. The van der Waals surface area contributed by atoms with Gasteiger partial charge in [0.25, 0.3) is 0 Å². The Kier molecular flexibility index (Phi) is 7.83. The molecule has 2 atom stereocenters. The van der Waals surface area contributed by atoms with Crippen LogP contribution in [0, 0.1) is 0 Å². The molecule has 32 heavy (non-hydrogen) atoms. The van der Waals surface area contributed by atoms with Gasteiger partial charge in [0.05, 0.1) is 20.8 Å². The maximum Gasteiger partial charge on any atom is 0.165 e. The molecule has 1 heterocycles. The Bertz CT molecular complexity index is 985. The molecular formula is C26H33NO5. The number of methoxy groups -OCH3 is 2. The van der Waals surface area contributed by atoms with Crippen molar-refractivity contribution in [3.63, 3.8) is 0 Å². The van der Waals surface area contributed by atoms with Crippen LogP contribution in [0.25, 0.3) is 6.08 Å². The normalized spacial score (nSPS) is 17.4. The molecule has 2 N–H and O–H groups in total. The van der Waals surface area contributed by atoms with E-state index in [-0.39, 0.29) is 24.4 Å². The minimum absolute atomic E-state index is 0.0256. The Balaban J connectivity index is 2.00. The fourth-order valence-corrected chi connectivity index (χ4v) is 4.23. The molecule has 6 heteroatoms. The molecule has 0 fully saturated rings. The van der Waals surface area contributed by atoms with Gasteiger partial charge in [0.1, 0.15) is 6.10 Å². The first-order valence-electron chi connectivity index (χ1n) is 10.8. The summed E-state index contributed by atoms with van der Waals surface area (Å²) in [6.07, 6.45) is 5.57. The second-order valence-corrected chi connectivity index (χ2v) is 7.95. The third kappa shape index (κ3) is 4.76. The predicted octanol–water partition coefficient (Wildman–Crippen LogP) is 4.66. The van der Waals surface area contributed by atoms with Crippen molar-refractivity contribution in [3.05, 3.63) is 65.3 Å². The van der Waals surface area contributed by atoms with Crippen LogP contribution < -0.4 is 14.2 Å². The van der Waals surface area contributed by atoms with Gasteiger partial charge < -0.3 is 24.4 Å². The molecule has 3 rings (SSSR count). The molecule has 0 spiro atoms. The molecule has 0 aromatic heterocycles. The highest BCUT2D eigenvalue weighted by Crippen LogP contribution is 2.51. The van der Waals surface area contributed by atoms with Crippen LogP contribution >= 0.6 is 0 Å². The molecule has 172 valence electrons. The number of nitrogens with zero attached hydrogens (tertiary/aromatic N) is 1. The Morgan fingerprint density at radius 2 is 1.91 bits per heavy atom. The Hall–Kier alpha value is -2.96. The van der Waals surface area contributed by atoms with Crippen molar-refractivity contribution in [1.29, 1.82) is 0 Å². The zero-order valence-electron chi connectivity index (χ0n) is 19.3. The smallest absolute Gasteiger partial charge is 0.165 e. The first kappa shape index (κ1) is 23.7. The third-order valence-corrected chi connectivity index (χ3v) is 5.80. The molecule has 1 aliphatic heterocycles. The summed E-state index contributed by atoms with van der Waals surface area (Å²) in [6, 6.07) is 7.89. The maximum atomic E-state index is 10.8. The molecule has 6 nitrogen and oxygen atoms in total. The average Bonchev–Trinajstić information content (AvgIpc) is 3.11. The van der Waals surface area contributed by atoms with Gasteiger partial charge in [-0.2, -0.15) is 0 Å². The maximum absolute atomic E-state index is 10.8. The van der Waals surface area contributed by atoms with Crippen molar-refractivity contribution in [3.8, 4) is 23.0 Å². The first-order chi connectivity index (χ1) is 15.5. The number of allylic oxidation sites excluding steroid dienone is 1. The van der Waals surface area contributed by atoms with E-state index < -0.39 is 0 Å². The van der Waals surface area contributed by atoms with Crippen molar-refractivity contribution < 1.29 is 24.4 Å². The second kappa shape index (κ2) is 10.6. The van der Waals surface area contributed by atoms with Gasteiger partial charge in [0.15, 0.2) is 23.0 Å². The molecule has 0 unspecified atom stereocenters. The van der Waals surface area contributed by atoms with Crippen LogP contribution in [0.3, 0.4) is 0 Å². The number of phenols is 1. The fourth-order valence-electron chi connectivity index (χ4n) is 4.23. The number of benzene rings is 2. The average molecular weight is 440 g/mol. The summed E-state index contributed by atoms with van der Waals surface area (Å²) in [5, 5.41) is 20.1. The number of hydrogen-bond donors (Lipinski definition) is 2. The minimum Gasteiger partial charge on any atom is -0.504 e.